The Hall–Kier alpha value is -3.03. The van der Waals surface area contributed by atoms with E-state index in [9.17, 15) is 0 Å². The monoisotopic (exact) mass is 502 g/mol. The van der Waals surface area contributed by atoms with Crippen LogP contribution in [0.2, 0.25) is 0 Å². The summed E-state index contributed by atoms with van der Waals surface area (Å²) in [4.78, 5) is 11.8. The van der Waals surface area contributed by atoms with Gasteiger partial charge in [-0.05, 0) is 49.2 Å². The molecule has 0 saturated carbocycles. The summed E-state index contributed by atoms with van der Waals surface area (Å²) in [5.41, 5.74) is 5.40. The molecule has 1 saturated heterocycles. The Morgan fingerprint density at radius 1 is 1.12 bits per heavy atom. The summed E-state index contributed by atoms with van der Waals surface area (Å²) in [5, 5.41) is 8.09. The molecule has 0 unspecified atom stereocenters. The third kappa shape index (κ3) is 4.84. The van der Waals surface area contributed by atoms with Crippen molar-refractivity contribution in [2.75, 3.05) is 18.4 Å². The Kier molecular flexibility index (Phi) is 6.51. The van der Waals surface area contributed by atoms with Gasteiger partial charge in [-0.25, -0.2) is 4.98 Å². The standard InChI is InChI=1S/C26H27BrN6/c1-2-20-17-30-33-25(29-16-19-6-5-11-28-15-19)14-24(31-26(20)33)21-9-12-32(13-10-21)18-22-7-3-4-8-23(22)27/h2-8,11,14-15,17,21,29H,1,9-10,12-13,16,18H2. The highest BCUT2D eigenvalue weighted by Crippen LogP contribution is 2.31. The van der Waals surface area contributed by atoms with Gasteiger partial charge in [-0.2, -0.15) is 9.61 Å². The minimum Gasteiger partial charge on any atom is -0.366 e. The van der Waals surface area contributed by atoms with Crippen LogP contribution < -0.4 is 5.32 Å². The lowest BCUT2D eigenvalue weighted by Crippen LogP contribution is -2.32. The van der Waals surface area contributed by atoms with Crippen LogP contribution in [0.15, 0.2) is 72.1 Å². The van der Waals surface area contributed by atoms with Crippen molar-refractivity contribution in [1.82, 2.24) is 24.5 Å². The quantitative estimate of drug-likeness (QED) is 0.360. The zero-order valence-electron chi connectivity index (χ0n) is 18.5. The lowest BCUT2D eigenvalue weighted by atomic mass is 9.93. The molecule has 1 aliphatic rings. The van der Waals surface area contributed by atoms with E-state index in [0.29, 0.717) is 12.5 Å². The van der Waals surface area contributed by atoms with Gasteiger partial charge in [-0.3, -0.25) is 9.88 Å². The van der Waals surface area contributed by atoms with E-state index in [4.69, 9.17) is 4.98 Å². The maximum atomic E-state index is 5.02. The number of pyridine rings is 1. The fourth-order valence-electron chi connectivity index (χ4n) is 4.43. The predicted molar refractivity (Wildman–Crippen MR) is 136 cm³/mol. The molecular formula is C26H27BrN6. The van der Waals surface area contributed by atoms with Gasteiger partial charge in [0, 0.05) is 53.2 Å². The van der Waals surface area contributed by atoms with Gasteiger partial charge in [0.15, 0.2) is 5.65 Å². The SMILES string of the molecule is C=Cc1cnn2c(NCc3cccnc3)cc(C3CCN(Cc4ccccc4Br)CC3)nc12. The van der Waals surface area contributed by atoms with E-state index in [2.05, 4.69) is 79.2 Å². The molecule has 33 heavy (non-hydrogen) atoms. The zero-order chi connectivity index (χ0) is 22.6. The van der Waals surface area contributed by atoms with Crippen LogP contribution in [0, 0.1) is 0 Å². The van der Waals surface area contributed by atoms with Crippen molar-refractivity contribution in [3.8, 4) is 0 Å². The highest BCUT2D eigenvalue weighted by molar-refractivity contribution is 9.10. The first-order chi connectivity index (χ1) is 16.2. The zero-order valence-corrected chi connectivity index (χ0v) is 20.1. The molecule has 4 heterocycles. The number of anilines is 1. The van der Waals surface area contributed by atoms with Crippen LogP contribution in [-0.2, 0) is 13.1 Å². The molecule has 0 bridgehead atoms. The van der Waals surface area contributed by atoms with Gasteiger partial charge in [-0.15, -0.1) is 0 Å². The molecule has 0 spiro atoms. The Labute approximate surface area is 202 Å². The Balaban J connectivity index is 1.34. The number of benzene rings is 1. The molecule has 5 rings (SSSR count). The van der Waals surface area contributed by atoms with E-state index in [1.165, 1.54) is 10.0 Å². The summed E-state index contributed by atoms with van der Waals surface area (Å²) in [6.07, 6.45) is 9.50. The minimum atomic E-state index is 0.428. The van der Waals surface area contributed by atoms with Gasteiger partial charge >= 0.3 is 0 Å². The molecule has 168 valence electrons. The van der Waals surface area contributed by atoms with Crippen molar-refractivity contribution in [2.45, 2.75) is 31.8 Å². The second kappa shape index (κ2) is 9.85. The van der Waals surface area contributed by atoms with Gasteiger partial charge in [0.2, 0.25) is 0 Å². The average molecular weight is 503 g/mol. The third-order valence-electron chi connectivity index (χ3n) is 6.29. The normalized spacial score (nSPS) is 15.1. The lowest BCUT2D eigenvalue weighted by Gasteiger charge is -2.32. The summed E-state index contributed by atoms with van der Waals surface area (Å²) in [6.45, 7) is 7.72. The summed E-state index contributed by atoms with van der Waals surface area (Å²) >= 11 is 3.68. The average Bonchev–Trinajstić information content (AvgIpc) is 3.28. The number of hydrogen-bond acceptors (Lipinski definition) is 5. The lowest BCUT2D eigenvalue weighted by molar-refractivity contribution is 0.203. The van der Waals surface area contributed by atoms with Gasteiger partial charge in [0.1, 0.15) is 5.82 Å². The Morgan fingerprint density at radius 2 is 1.97 bits per heavy atom. The van der Waals surface area contributed by atoms with Gasteiger partial charge in [0.25, 0.3) is 0 Å². The van der Waals surface area contributed by atoms with Crippen LogP contribution in [-0.4, -0.2) is 37.6 Å². The number of aromatic nitrogens is 4. The number of piperidine rings is 1. The summed E-state index contributed by atoms with van der Waals surface area (Å²) in [7, 11) is 0. The molecule has 1 fully saturated rings. The van der Waals surface area contributed by atoms with E-state index >= 15 is 0 Å². The second-order valence-corrected chi connectivity index (χ2v) is 9.32. The van der Waals surface area contributed by atoms with Gasteiger partial charge in [0.05, 0.1) is 6.20 Å². The maximum Gasteiger partial charge on any atom is 0.164 e. The Bertz CT molecular complexity index is 1240. The fraction of sp³-hybridized carbons (Fsp3) is 0.269. The van der Waals surface area contributed by atoms with E-state index in [1.54, 1.807) is 6.20 Å². The van der Waals surface area contributed by atoms with Crippen molar-refractivity contribution >= 4 is 33.5 Å². The number of likely N-dealkylation sites (tertiary alicyclic amines) is 1. The van der Waals surface area contributed by atoms with Crippen molar-refractivity contribution in [3.63, 3.8) is 0 Å². The molecule has 1 aromatic carbocycles. The largest absolute Gasteiger partial charge is 0.366 e. The number of hydrogen-bond donors (Lipinski definition) is 1. The van der Waals surface area contributed by atoms with Crippen LogP contribution >= 0.6 is 15.9 Å². The predicted octanol–water partition coefficient (Wildman–Crippen LogP) is 5.52. The molecule has 0 amide bonds. The van der Waals surface area contributed by atoms with Crippen LogP contribution in [0.5, 0.6) is 0 Å². The molecule has 0 aliphatic carbocycles. The van der Waals surface area contributed by atoms with E-state index < -0.39 is 0 Å². The third-order valence-corrected chi connectivity index (χ3v) is 7.07. The molecule has 1 aliphatic heterocycles. The fourth-order valence-corrected chi connectivity index (χ4v) is 4.84. The highest BCUT2D eigenvalue weighted by atomic mass is 79.9. The first kappa shape index (κ1) is 21.8. The smallest absolute Gasteiger partial charge is 0.164 e. The molecule has 6 nitrogen and oxygen atoms in total. The van der Waals surface area contributed by atoms with Crippen LogP contribution in [0.25, 0.3) is 11.7 Å². The minimum absolute atomic E-state index is 0.428. The molecule has 1 N–H and O–H groups in total. The van der Waals surface area contributed by atoms with Crippen LogP contribution in [0.1, 0.15) is 41.1 Å². The van der Waals surface area contributed by atoms with Crippen LogP contribution in [0.3, 0.4) is 0 Å². The first-order valence-corrected chi connectivity index (χ1v) is 12.1. The molecular weight excluding hydrogens is 476 g/mol. The maximum absolute atomic E-state index is 5.02. The van der Waals surface area contributed by atoms with Crippen molar-refractivity contribution in [1.29, 1.82) is 0 Å². The van der Waals surface area contributed by atoms with Gasteiger partial charge in [-0.1, -0.05) is 52.9 Å². The van der Waals surface area contributed by atoms with Crippen molar-refractivity contribution in [3.05, 3.63) is 94.5 Å². The topological polar surface area (TPSA) is 58.4 Å². The van der Waals surface area contributed by atoms with E-state index in [1.807, 2.05) is 29.1 Å². The molecule has 4 aromatic rings. The van der Waals surface area contributed by atoms with Crippen molar-refractivity contribution in [2.24, 2.45) is 0 Å². The second-order valence-electron chi connectivity index (χ2n) is 8.46. The number of fused-ring (bicyclic) bond motifs is 1. The molecule has 3 aromatic heterocycles. The first-order valence-electron chi connectivity index (χ1n) is 11.3. The number of halogens is 1. The number of rotatable bonds is 7. The van der Waals surface area contributed by atoms with Gasteiger partial charge < -0.3 is 5.32 Å². The van der Waals surface area contributed by atoms with Crippen LogP contribution in [0.4, 0.5) is 5.82 Å². The van der Waals surface area contributed by atoms with E-state index in [-0.39, 0.29) is 0 Å². The summed E-state index contributed by atoms with van der Waals surface area (Å²) in [5.74, 6) is 1.37. The molecule has 0 radical (unpaired) electrons. The van der Waals surface area contributed by atoms with E-state index in [0.717, 1.165) is 60.8 Å². The highest BCUT2D eigenvalue weighted by Gasteiger charge is 2.24. The number of nitrogens with zero attached hydrogens (tertiary/aromatic N) is 5. The molecule has 0 atom stereocenters. The summed E-state index contributed by atoms with van der Waals surface area (Å²) < 4.78 is 3.06. The van der Waals surface area contributed by atoms with Crippen molar-refractivity contribution < 1.29 is 0 Å². The molecule has 7 heteroatoms. The summed E-state index contributed by atoms with van der Waals surface area (Å²) in [6, 6.07) is 14.7. The Morgan fingerprint density at radius 3 is 2.73 bits per heavy atom. The number of nitrogens with one attached hydrogen (secondary N) is 1.